The number of hydrogen-bond acceptors (Lipinski definition) is 4. The first-order valence-electron chi connectivity index (χ1n) is 10.3. The van der Waals surface area contributed by atoms with Gasteiger partial charge >= 0.3 is 5.97 Å². The minimum atomic E-state index is -0.760. The summed E-state index contributed by atoms with van der Waals surface area (Å²) in [6, 6.07) is 14.7. The van der Waals surface area contributed by atoms with Gasteiger partial charge in [-0.25, -0.2) is 0 Å². The fourth-order valence-corrected chi connectivity index (χ4v) is 3.61. The van der Waals surface area contributed by atoms with Gasteiger partial charge in [-0.2, -0.15) is 0 Å². The molecule has 1 saturated heterocycles. The van der Waals surface area contributed by atoms with Crippen molar-refractivity contribution in [2.75, 3.05) is 26.2 Å². The Bertz CT molecular complexity index is 816. The lowest BCUT2D eigenvalue weighted by Gasteiger charge is -2.33. The van der Waals surface area contributed by atoms with E-state index in [1.807, 2.05) is 6.07 Å². The Morgan fingerprint density at radius 2 is 2.00 bits per heavy atom. The third kappa shape index (κ3) is 6.05. The molecule has 0 amide bonds. The van der Waals surface area contributed by atoms with Gasteiger partial charge in [-0.3, -0.25) is 9.69 Å². The SMILES string of the molecule is Cc1cc(OCc2ccc(C(C)C)cc2)ccc1C1CN(CCC(=O)O)CCO1. The van der Waals surface area contributed by atoms with Gasteiger partial charge in [-0.05, 0) is 47.2 Å². The monoisotopic (exact) mass is 397 g/mol. The molecule has 1 fully saturated rings. The van der Waals surface area contributed by atoms with Crippen LogP contribution < -0.4 is 4.74 Å². The van der Waals surface area contributed by atoms with E-state index < -0.39 is 5.97 Å². The molecule has 3 rings (SSSR count). The van der Waals surface area contributed by atoms with Crippen LogP contribution >= 0.6 is 0 Å². The van der Waals surface area contributed by atoms with E-state index in [0.717, 1.165) is 35.5 Å². The van der Waals surface area contributed by atoms with E-state index in [2.05, 4.69) is 62.1 Å². The highest BCUT2D eigenvalue weighted by atomic mass is 16.5. The number of carboxylic acids is 1. The Morgan fingerprint density at radius 1 is 1.24 bits per heavy atom. The molecule has 1 N–H and O–H groups in total. The highest BCUT2D eigenvalue weighted by Gasteiger charge is 2.23. The molecule has 29 heavy (non-hydrogen) atoms. The van der Waals surface area contributed by atoms with Gasteiger partial charge in [0.2, 0.25) is 0 Å². The number of carboxylic acid groups (broad SMARTS) is 1. The van der Waals surface area contributed by atoms with E-state index in [4.69, 9.17) is 14.6 Å². The second-order valence-corrected chi connectivity index (χ2v) is 8.01. The van der Waals surface area contributed by atoms with E-state index in [1.165, 1.54) is 5.56 Å². The van der Waals surface area contributed by atoms with Crippen LogP contribution in [0.5, 0.6) is 5.75 Å². The van der Waals surface area contributed by atoms with E-state index in [0.29, 0.717) is 25.7 Å². The van der Waals surface area contributed by atoms with Crippen molar-refractivity contribution >= 4 is 5.97 Å². The summed E-state index contributed by atoms with van der Waals surface area (Å²) in [5, 5.41) is 8.90. The predicted octanol–water partition coefficient (Wildman–Crippen LogP) is 4.55. The molecule has 0 saturated carbocycles. The van der Waals surface area contributed by atoms with Crippen LogP contribution in [-0.2, 0) is 16.1 Å². The molecule has 2 aromatic carbocycles. The molecule has 1 aliphatic rings. The van der Waals surface area contributed by atoms with Gasteiger partial charge in [0.15, 0.2) is 0 Å². The lowest BCUT2D eigenvalue weighted by molar-refractivity contribution is -0.137. The summed E-state index contributed by atoms with van der Waals surface area (Å²) in [5.41, 5.74) is 4.75. The lowest BCUT2D eigenvalue weighted by atomic mass is 10.0. The molecule has 1 heterocycles. The Labute approximate surface area is 173 Å². The third-order valence-electron chi connectivity index (χ3n) is 5.43. The smallest absolute Gasteiger partial charge is 0.304 e. The summed E-state index contributed by atoms with van der Waals surface area (Å²) in [4.78, 5) is 13.0. The zero-order chi connectivity index (χ0) is 20.8. The van der Waals surface area contributed by atoms with Gasteiger partial charge in [0.25, 0.3) is 0 Å². The number of rotatable bonds is 8. The van der Waals surface area contributed by atoms with Crippen LogP contribution in [0, 0.1) is 6.92 Å². The van der Waals surface area contributed by atoms with Crippen LogP contribution in [-0.4, -0.2) is 42.2 Å². The summed E-state index contributed by atoms with van der Waals surface area (Å²) in [7, 11) is 0. The Morgan fingerprint density at radius 3 is 2.66 bits per heavy atom. The first-order chi connectivity index (χ1) is 13.9. The summed E-state index contributed by atoms with van der Waals surface area (Å²) >= 11 is 0. The molecule has 0 aliphatic carbocycles. The van der Waals surface area contributed by atoms with Crippen LogP contribution in [0.1, 0.15) is 54.5 Å². The van der Waals surface area contributed by atoms with Crippen LogP contribution in [0.2, 0.25) is 0 Å². The summed E-state index contributed by atoms with van der Waals surface area (Å²) in [5.74, 6) is 0.615. The normalized spacial score (nSPS) is 17.4. The van der Waals surface area contributed by atoms with Crippen molar-refractivity contribution in [3.63, 3.8) is 0 Å². The maximum atomic E-state index is 10.8. The molecule has 0 radical (unpaired) electrons. The van der Waals surface area contributed by atoms with Crippen LogP contribution in [0.3, 0.4) is 0 Å². The second-order valence-electron chi connectivity index (χ2n) is 8.01. The molecule has 1 atom stereocenters. The Kier molecular flexibility index (Phi) is 7.29. The number of hydrogen-bond donors (Lipinski definition) is 1. The fourth-order valence-electron chi connectivity index (χ4n) is 3.61. The van der Waals surface area contributed by atoms with Crippen LogP contribution in [0.25, 0.3) is 0 Å². The van der Waals surface area contributed by atoms with E-state index in [9.17, 15) is 4.79 Å². The van der Waals surface area contributed by atoms with Crippen LogP contribution in [0.4, 0.5) is 0 Å². The number of aryl methyl sites for hydroxylation is 1. The maximum absolute atomic E-state index is 10.8. The van der Waals surface area contributed by atoms with Gasteiger partial charge in [-0.15, -0.1) is 0 Å². The van der Waals surface area contributed by atoms with Crippen molar-refractivity contribution in [1.82, 2.24) is 4.90 Å². The fraction of sp³-hybridized carbons (Fsp3) is 0.458. The van der Waals surface area contributed by atoms with Gasteiger partial charge in [0.05, 0.1) is 19.1 Å². The number of carbonyl (C=O) groups is 1. The molecule has 5 heteroatoms. The van der Waals surface area contributed by atoms with E-state index in [1.54, 1.807) is 0 Å². The lowest BCUT2D eigenvalue weighted by Crippen LogP contribution is -2.39. The van der Waals surface area contributed by atoms with Crippen molar-refractivity contribution in [3.8, 4) is 5.75 Å². The number of benzene rings is 2. The van der Waals surface area contributed by atoms with Crippen molar-refractivity contribution < 1.29 is 19.4 Å². The standard InChI is InChI=1S/C24H31NO4/c1-17(2)20-6-4-19(5-7-20)16-29-21-8-9-22(18(3)14-21)23-15-25(12-13-28-23)11-10-24(26)27/h4-9,14,17,23H,10-13,15-16H2,1-3H3,(H,26,27). The van der Waals surface area contributed by atoms with Crippen molar-refractivity contribution in [2.24, 2.45) is 0 Å². The number of aliphatic carboxylic acids is 1. The van der Waals surface area contributed by atoms with Gasteiger partial charge in [0, 0.05) is 19.6 Å². The number of morpholine rings is 1. The topological polar surface area (TPSA) is 59.0 Å². The van der Waals surface area contributed by atoms with E-state index in [-0.39, 0.29) is 12.5 Å². The quantitative estimate of drug-likeness (QED) is 0.708. The molecule has 1 unspecified atom stereocenters. The predicted molar refractivity (Wildman–Crippen MR) is 113 cm³/mol. The zero-order valence-corrected chi connectivity index (χ0v) is 17.6. The van der Waals surface area contributed by atoms with Crippen molar-refractivity contribution in [1.29, 1.82) is 0 Å². The average Bonchev–Trinajstić information content (AvgIpc) is 2.71. The number of ether oxygens (including phenoxy) is 2. The average molecular weight is 398 g/mol. The molecular weight excluding hydrogens is 366 g/mol. The Hall–Kier alpha value is -2.37. The molecule has 0 bridgehead atoms. The summed E-state index contributed by atoms with van der Waals surface area (Å²) in [6.45, 7) is 9.67. The largest absolute Gasteiger partial charge is 0.489 e. The number of nitrogens with zero attached hydrogens (tertiary/aromatic N) is 1. The van der Waals surface area contributed by atoms with Crippen molar-refractivity contribution in [3.05, 3.63) is 64.7 Å². The first kappa shape index (κ1) is 21.3. The molecule has 5 nitrogen and oxygen atoms in total. The zero-order valence-electron chi connectivity index (χ0n) is 17.6. The van der Waals surface area contributed by atoms with Crippen LogP contribution in [0.15, 0.2) is 42.5 Å². The first-order valence-corrected chi connectivity index (χ1v) is 10.3. The molecule has 0 aromatic heterocycles. The molecule has 156 valence electrons. The third-order valence-corrected chi connectivity index (χ3v) is 5.43. The highest BCUT2D eigenvalue weighted by molar-refractivity contribution is 5.66. The maximum Gasteiger partial charge on any atom is 0.304 e. The minimum absolute atomic E-state index is 0.0322. The molecule has 0 spiro atoms. The van der Waals surface area contributed by atoms with Gasteiger partial charge < -0.3 is 14.6 Å². The minimum Gasteiger partial charge on any atom is -0.489 e. The Balaban J connectivity index is 1.58. The highest BCUT2D eigenvalue weighted by Crippen LogP contribution is 2.28. The van der Waals surface area contributed by atoms with E-state index >= 15 is 0 Å². The van der Waals surface area contributed by atoms with Gasteiger partial charge in [-0.1, -0.05) is 44.2 Å². The second kappa shape index (κ2) is 9.90. The molecule has 1 aliphatic heterocycles. The molecular formula is C24H31NO4. The van der Waals surface area contributed by atoms with Crippen molar-refractivity contribution in [2.45, 2.75) is 45.8 Å². The molecule has 2 aromatic rings. The van der Waals surface area contributed by atoms with Gasteiger partial charge in [0.1, 0.15) is 12.4 Å². The summed E-state index contributed by atoms with van der Waals surface area (Å²) in [6.07, 6.45) is 0.131. The summed E-state index contributed by atoms with van der Waals surface area (Å²) < 4.78 is 11.9.